The van der Waals surface area contributed by atoms with Crippen molar-refractivity contribution < 1.29 is 37.4 Å². The number of carbonyl (C=O) groups is 2. The Labute approximate surface area is 359 Å². The number of amides is 2. The number of imidazole rings is 2. The van der Waals surface area contributed by atoms with Gasteiger partial charge in [0.25, 0.3) is 0 Å². The molecule has 6 N–H and O–H groups in total. The molecule has 2 atom stereocenters. The number of carbonyl (C=O) groups excluding carboxylic acids is 2. The smallest absolute Gasteiger partial charge is 0.248 e. The third-order valence-electron chi connectivity index (χ3n) is 14.3. The van der Waals surface area contributed by atoms with Gasteiger partial charge in [-0.25, -0.2) is 27.5 Å². The summed E-state index contributed by atoms with van der Waals surface area (Å²) >= 11 is 0. The molecule has 332 valence electrons. The van der Waals surface area contributed by atoms with E-state index in [1.807, 2.05) is 77.9 Å². The molecule has 4 aliphatic rings. The number of fused-ring (bicyclic) bond motifs is 1. The van der Waals surface area contributed by atoms with Crippen molar-refractivity contribution in [3.05, 3.63) is 71.7 Å². The number of halogens is 4. The van der Waals surface area contributed by atoms with Crippen LogP contribution in [0.1, 0.15) is 154 Å². The van der Waals surface area contributed by atoms with E-state index in [1.165, 1.54) is 0 Å². The van der Waals surface area contributed by atoms with Gasteiger partial charge in [-0.2, -0.15) is 0 Å². The zero-order valence-corrected chi connectivity index (χ0v) is 36.4. The fourth-order valence-electron chi connectivity index (χ4n) is 9.81. The first-order valence-electron chi connectivity index (χ1n) is 21.9. The molecule has 4 aromatic rings. The van der Waals surface area contributed by atoms with E-state index in [4.69, 9.17) is 0 Å². The highest BCUT2D eigenvalue weighted by Crippen LogP contribution is 2.62. The van der Waals surface area contributed by atoms with Crippen LogP contribution in [0.2, 0.25) is 0 Å². The van der Waals surface area contributed by atoms with Crippen LogP contribution >= 0.6 is 0 Å². The molecule has 14 heteroatoms. The molecule has 4 fully saturated rings. The number of hydrogen-bond acceptors (Lipinski definition) is 6. The second-order valence-corrected chi connectivity index (χ2v) is 20.9. The van der Waals surface area contributed by atoms with E-state index >= 15 is 0 Å². The van der Waals surface area contributed by atoms with Crippen LogP contribution in [0.4, 0.5) is 17.6 Å². The van der Waals surface area contributed by atoms with Crippen molar-refractivity contribution in [2.75, 3.05) is 0 Å². The van der Waals surface area contributed by atoms with Gasteiger partial charge in [-0.15, -0.1) is 0 Å². The number of benzene rings is 2. The summed E-state index contributed by atoms with van der Waals surface area (Å²) in [6, 6.07) is 10.8. The van der Waals surface area contributed by atoms with E-state index in [1.54, 1.807) is 12.4 Å². The number of nitrogens with one attached hydrogen (secondary N) is 4. The minimum atomic E-state index is -2.82. The van der Waals surface area contributed by atoms with Gasteiger partial charge in [-0.05, 0) is 97.1 Å². The largest absolute Gasteiger partial charge is 0.389 e. The highest BCUT2D eigenvalue weighted by molar-refractivity contribution is 5.89. The van der Waals surface area contributed by atoms with E-state index in [2.05, 4.69) is 42.4 Å². The van der Waals surface area contributed by atoms with Crippen molar-refractivity contribution in [2.45, 2.75) is 154 Å². The molecule has 2 amide bonds. The van der Waals surface area contributed by atoms with Crippen molar-refractivity contribution >= 4 is 22.6 Å². The first-order chi connectivity index (χ1) is 28.9. The summed E-state index contributed by atoms with van der Waals surface area (Å²) in [5.41, 5.74) is -3.04. The Hall–Kier alpha value is -4.74. The van der Waals surface area contributed by atoms with Crippen molar-refractivity contribution in [1.82, 2.24) is 30.6 Å². The van der Waals surface area contributed by atoms with Crippen LogP contribution in [-0.2, 0) is 9.59 Å². The lowest BCUT2D eigenvalue weighted by Gasteiger charge is -2.42. The summed E-state index contributed by atoms with van der Waals surface area (Å²) < 4.78 is 55.9. The molecule has 4 aliphatic carbocycles. The number of nitrogens with zero attached hydrogens (tertiary/aromatic N) is 2. The predicted molar refractivity (Wildman–Crippen MR) is 227 cm³/mol. The van der Waals surface area contributed by atoms with E-state index in [0.717, 1.165) is 27.6 Å². The third-order valence-corrected chi connectivity index (χ3v) is 14.3. The van der Waals surface area contributed by atoms with Crippen LogP contribution in [0, 0.1) is 33.5 Å². The van der Waals surface area contributed by atoms with Gasteiger partial charge in [0.1, 0.15) is 17.3 Å². The summed E-state index contributed by atoms with van der Waals surface area (Å²) in [6.45, 7) is 11.9. The molecular formula is C48H58F4N6O4. The van der Waals surface area contributed by atoms with E-state index < -0.39 is 82.5 Å². The molecule has 2 aromatic carbocycles. The van der Waals surface area contributed by atoms with Gasteiger partial charge in [-0.3, -0.25) is 9.59 Å². The molecule has 0 spiro atoms. The van der Waals surface area contributed by atoms with Crippen LogP contribution < -0.4 is 10.6 Å². The van der Waals surface area contributed by atoms with Crippen molar-refractivity contribution in [3.8, 4) is 23.1 Å². The molecule has 0 unspecified atom stereocenters. The van der Waals surface area contributed by atoms with Crippen molar-refractivity contribution in [2.24, 2.45) is 21.7 Å². The second kappa shape index (κ2) is 14.9. The molecule has 0 bridgehead atoms. The molecule has 0 saturated heterocycles. The quantitative estimate of drug-likeness (QED) is 0.0729. The minimum Gasteiger partial charge on any atom is -0.389 e. The van der Waals surface area contributed by atoms with Gasteiger partial charge in [0.2, 0.25) is 23.7 Å². The maximum atomic E-state index is 14.0. The van der Waals surface area contributed by atoms with E-state index in [-0.39, 0.29) is 37.5 Å². The molecule has 2 heterocycles. The molecular weight excluding hydrogens is 801 g/mol. The molecule has 0 radical (unpaired) electrons. The number of aromatic amines is 2. The molecule has 2 aromatic heterocycles. The molecule has 0 aliphatic heterocycles. The van der Waals surface area contributed by atoms with Gasteiger partial charge in [0.15, 0.2) is 0 Å². The maximum absolute atomic E-state index is 14.0. The summed E-state index contributed by atoms with van der Waals surface area (Å²) in [5.74, 6) is 1.13. The van der Waals surface area contributed by atoms with E-state index in [0.29, 0.717) is 43.0 Å². The Morgan fingerprint density at radius 2 is 1.08 bits per heavy atom. The first-order valence-corrected chi connectivity index (χ1v) is 21.9. The second-order valence-electron chi connectivity index (χ2n) is 20.9. The average Bonchev–Trinajstić information content (AvgIpc) is 4.11. The molecule has 10 nitrogen and oxygen atoms in total. The van der Waals surface area contributed by atoms with Gasteiger partial charge in [0.05, 0.1) is 52.2 Å². The summed E-state index contributed by atoms with van der Waals surface area (Å²) in [6.07, 6.45) is 3.03. The molecule has 62 heavy (non-hydrogen) atoms. The number of aromatic nitrogens is 4. The first kappa shape index (κ1) is 43.9. The van der Waals surface area contributed by atoms with Crippen molar-refractivity contribution in [1.29, 1.82) is 0 Å². The van der Waals surface area contributed by atoms with Crippen molar-refractivity contribution in [3.63, 3.8) is 0 Å². The number of hydrogen-bond donors (Lipinski definition) is 6. The Morgan fingerprint density at radius 3 is 1.56 bits per heavy atom. The summed E-state index contributed by atoms with van der Waals surface area (Å²) in [7, 11) is 0. The maximum Gasteiger partial charge on any atom is 0.248 e. The highest BCUT2D eigenvalue weighted by atomic mass is 19.3. The zero-order chi connectivity index (χ0) is 44.7. The van der Waals surface area contributed by atoms with Crippen LogP contribution in [0.25, 0.3) is 22.0 Å². The minimum absolute atomic E-state index is 0.105. The summed E-state index contributed by atoms with van der Waals surface area (Å²) in [4.78, 5) is 43.5. The number of rotatable bonds is 9. The topological polar surface area (TPSA) is 156 Å². The third kappa shape index (κ3) is 8.27. The van der Waals surface area contributed by atoms with E-state index in [9.17, 15) is 37.4 Å². The zero-order valence-electron chi connectivity index (χ0n) is 36.4. The number of aliphatic hydroxyl groups is 2. The fourth-order valence-corrected chi connectivity index (χ4v) is 9.81. The lowest BCUT2D eigenvalue weighted by Crippen LogP contribution is -2.53. The van der Waals surface area contributed by atoms with Crippen LogP contribution in [0.15, 0.2) is 48.8 Å². The monoisotopic (exact) mass is 858 g/mol. The molecule has 4 saturated carbocycles. The Kier molecular flexibility index (Phi) is 10.6. The summed E-state index contributed by atoms with van der Waals surface area (Å²) in [5, 5.41) is 31.1. The number of H-pyrrole nitrogens is 2. The van der Waals surface area contributed by atoms with Gasteiger partial charge < -0.3 is 30.8 Å². The number of alkyl halides is 4. The van der Waals surface area contributed by atoms with Crippen LogP contribution in [0.5, 0.6) is 0 Å². The fraction of sp³-hybridized carbons (Fsp3) is 0.583. The SMILES string of the molecule is CC(C)(C)[C@H](NC(=O)C1(C2(O)CCC(F)(F)CC2)CC1)c1ncc(C#Cc2ccc3cc(-c4cnc([C@@H](NC(=O)C5(C6(O)CCC(F)(F)CC6)CC5)C(C)(C)C)[nH]4)ccc3c2)[nH]1. The Morgan fingerprint density at radius 1 is 0.629 bits per heavy atom. The van der Waals surface area contributed by atoms with Crippen LogP contribution in [-0.4, -0.2) is 65.0 Å². The van der Waals surface area contributed by atoms with Gasteiger partial charge in [-0.1, -0.05) is 65.7 Å². The standard InChI is InChI=1S/C48H58F4N6O4/c1-41(2,3)35(57-39(59)43(13-14-43)45(61)17-21-47(49,50)22-18-45)37-53-27-33(55-37)12-8-29-7-9-31-26-32(11-10-30(31)25-29)34-28-54-38(56-34)36(42(4,5)6)58-40(60)44(15-16-44)46(62)19-23-48(51,52)24-20-46/h7,9-11,25-28,35-36,61-62H,13-24H2,1-6H3,(H,53,55)(H,54,56)(H,57,59)(H,58,60)/t35-,36-/m1/s1. The van der Waals surface area contributed by atoms with Gasteiger partial charge in [0, 0.05) is 36.8 Å². The average molecular weight is 859 g/mol. The normalized spacial score (nSPS) is 22.7. The lowest BCUT2D eigenvalue weighted by atomic mass is 9.71. The Balaban J connectivity index is 0.943. The Bertz CT molecular complexity index is 2420. The predicted octanol–water partition coefficient (Wildman–Crippen LogP) is 9.20. The molecule has 8 rings (SSSR count). The lowest BCUT2D eigenvalue weighted by molar-refractivity contribution is -0.157. The van der Waals surface area contributed by atoms with Gasteiger partial charge >= 0.3 is 0 Å². The highest BCUT2D eigenvalue weighted by Gasteiger charge is 2.67. The van der Waals surface area contributed by atoms with Crippen LogP contribution in [0.3, 0.4) is 0 Å².